The van der Waals surface area contributed by atoms with Crippen LogP contribution in [0.25, 0.3) is 0 Å². The van der Waals surface area contributed by atoms with Gasteiger partial charge in [-0.1, -0.05) is 13.8 Å². The molecule has 0 rings (SSSR count). The molecule has 0 saturated heterocycles. The fraction of sp³-hybridized carbons (Fsp3) is 0.900. The molecular weight excluding hydrogens is 202 g/mol. The Kier molecular flexibility index (Phi) is 9.10. The van der Waals surface area contributed by atoms with Crippen molar-refractivity contribution in [3.8, 4) is 0 Å². The third-order valence-electron chi connectivity index (χ3n) is 1.60. The number of amides is 1. The molecule has 0 aliphatic heterocycles. The van der Waals surface area contributed by atoms with Crippen LogP contribution >= 0.6 is 11.6 Å². The fourth-order valence-corrected chi connectivity index (χ4v) is 1.11. The van der Waals surface area contributed by atoms with Gasteiger partial charge in [0.1, 0.15) is 0 Å². The number of nitrogens with one attached hydrogen (secondary N) is 1. The zero-order valence-corrected chi connectivity index (χ0v) is 9.77. The average molecular weight is 222 g/mol. The molecule has 3 nitrogen and oxygen atoms in total. The summed E-state index contributed by atoms with van der Waals surface area (Å²) in [5.74, 6) is 1.07. The van der Waals surface area contributed by atoms with E-state index in [4.69, 9.17) is 16.3 Å². The molecule has 0 heterocycles. The van der Waals surface area contributed by atoms with E-state index in [9.17, 15) is 4.79 Å². The minimum atomic E-state index is 0.123. The zero-order chi connectivity index (χ0) is 10.8. The molecule has 0 unspecified atom stereocenters. The molecule has 0 aliphatic rings. The second-order valence-corrected chi connectivity index (χ2v) is 3.98. The second kappa shape index (κ2) is 9.28. The van der Waals surface area contributed by atoms with Crippen molar-refractivity contribution >= 4 is 17.5 Å². The van der Waals surface area contributed by atoms with E-state index in [1.807, 2.05) is 13.8 Å². The quantitative estimate of drug-likeness (QED) is 0.502. The lowest BCUT2D eigenvalue weighted by atomic mass is 10.1. The van der Waals surface area contributed by atoms with E-state index in [-0.39, 0.29) is 5.91 Å². The van der Waals surface area contributed by atoms with E-state index < -0.39 is 0 Å². The number of hydrogen-bond donors (Lipinski definition) is 1. The summed E-state index contributed by atoms with van der Waals surface area (Å²) < 4.78 is 5.16. The summed E-state index contributed by atoms with van der Waals surface area (Å²) in [6, 6.07) is 0. The number of carbonyl (C=O) groups excluding carboxylic acids is 1. The molecule has 0 aromatic heterocycles. The highest BCUT2D eigenvalue weighted by Crippen LogP contribution is 1.97. The Morgan fingerprint density at radius 1 is 1.43 bits per heavy atom. The summed E-state index contributed by atoms with van der Waals surface area (Å²) in [6.07, 6.45) is 1.45. The first-order valence-electron chi connectivity index (χ1n) is 5.07. The Labute approximate surface area is 91.2 Å². The predicted molar refractivity (Wildman–Crippen MR) is 58.6 cm³/mol. The lowest BCUT2D eigenvalue weighted by Gasteiger charge is -2.06. The molecular formula is C10H20ClNO2. The molecule has 0 radical (unpaired) electrons. The molecule has 0 spiro atoms. The zero-order valence-electron chi connectivity index (χ0n) is 9.01. The van der Waals surface area contributed by atoms with Crippen molar-refractivity contribution in [2.45, 2.75) is 26.7 Å². The van der Waals surface area contributed by atoms with Crippen LogP contribution in [0.15, 0.2) is 0 Å². The Morgan fingerprint density at radius 2 is 2.14 bits per heavy atom. The number of rotatable bonds is 8. The first-order valence-corrected chi connectivity index (χ1v) is 5.60. The highest BCUT2D eigenvalue weighted by Gasteiger charge is 2.02. The van der Waals surface area contributed by atoms with Gasteiger partial charge in [0.2, 0.25) is 5.91 Å². The summed E-state index contributed by atoms with van der Waals surface area (Å²) in [4.78, 5) is 11.2. The summed E-state index contributed by atoms with van der Waals surface area (Å²) in [6.45, 7) is 6.00. The van der Waals surface area contributed by atoms with Gasteiger partial charge in [-0.25, -0.2) is 0 Å². The van der Waals surface area contributed by atoms with E-state index >= 15 is 0 Å². The fourth-order valence-electron chi connectivity index (χ4n) is 1.00. The van der Waals surface area contributed by atoms with Crippen LogP contribution in [-0.2, 0) is 9.53 Å². The topological polar surface area (TPSA) is 38.3 Å². The maximum absolute atomic E-state index is 11.2. The normalized spacial score (nSPS) is 10.6. The summed E-state index contributed by atoms with van der Waals surface area (Å²) >= 11 is 5.43. The molecule has 0 bridgehead atoms. The van der Waals surface area contributed by atoms with Crippen molar-refractivity contribution in [2.24, 2.45) is 5.92 Å². The van der Waals surface area contributed by atoms with Gasteiger partial charge < -0.3 is 10.1 Å². The molecule has 1 N–H and O–H groups in total. The van der Waals surface area contributed by atoms with E-state index in [1.165, 1.54) is 0 Å². The molecule has 4 heteroatoms. The van der Waals surface area contributed by atoms with Gasteiger partial charge in [-0.3, -0.25) is 4.79 Å². The highest BCUT2D eigenvalue weighted by atomic mass is 35.5. The number of alkyl halides is 1. The van der Waals surface area contributed by atoms with Gasteiger partial charge >= 0.3 is 0 Å². The smallest absolute Gasteiger partial charge is 0.220 e. The van der Waals surface area contributed by atoms with Crippen LogP contribution in [0.2, 0.25) is 0 Å². The summed E-state index contributed by atoms with van der Waals surface area (Å²) in [7, 11) is 0. The van der Waals surface area contributed by atoms with Crippen LogP contribution in [0, 0.1) is 5.92 Å². The number of halogens is 1. The number of hydrogen-bond acceptors (Lipinski definition) is 2. The molecule has 0 saturated carbocycles. The van der Waals surface area contributed by atoms with Crippen LogP contribution in [0.5, 0.6) is 0 Å². The van der Waals surface area contributed by atoms with Crippen molar-refractivity contribution in [3.05, 3.63) is 0 Å². The van der Waals surface area contributed by atoms with Crippen molar-refractivity contribution in [2.75, 3.05) is 25.6 Å². The Hall–Kier alpha value is -0.280. The minimum absolute atomic E-state index is 0.123. The first-order chi connectivity index (χ1) is 6.66. The lowest BCUT2D eigenvalue weighted by Crippen LogP contribution is -2.26. The SMILES string of the molecule is CC(C)CC(=O)NCCCOCCCl. The lowest BCUT2D eigenvalue weighted by molar-refractivity contribution is -0.121. The third-order valence-corrected chi connectivity index (χ3v) is 1.76. The standard InChI is InChI=1S/C10H20ClNO2/c1-9(2)8-10(13)12-5-3-6-14-7-4-11/h9H,3-8H2,1-2H3,(H,12,13). The third kappa shape index (κ3) is 9.81. The summed E-state index contributed by atoms with van der Waals surface area (Å²) in [5.41, 5.74) is 0. The van der Waals surface area contributed by atoms with Crippen molar-refractivity contribution in [1.29, 1.82) is 0 Å². The monoisotopic (exact) mass is 221 g/mol. The molecule has 0 aromatic carbocycles. The van der Waals surface area contributed by atoms with Crippen LogP contribution in [0.1, 0.15) is 26.7 Å². The van der Waals surface area contributed by atoms with Gasteiger partial charge in [0, 0.05) is 25.5 Å². The molecule has 0 atom stereocenters. The van der Waals surface area contributed by atoms with Crippen LogP contribution in [-0.4, -0.2) is 31.5 Å². The molecule has 0 aliphatic carbocycles. The van der Waals surface area contributed by atoms with E-state index in [0.717, 1.165) is 6.42 Å². The van der Waals surface area contributed by atoms with Gasteiger partial charge in [-0.15, -0.1) is 11.6 Å². The Bertz CT molecular complexity index is 151. The van der Waals surface area contributed by atoms with Gasteiger partial charge in [0.05, 0.1) is 6.61 Å². The van der Waals surface area contributed by atoms with E-state index in [1.54, 1.807) is 0 Å². The molecule has 0 fully saturated rings. The van der Waals surface area contributed by atoms with Gasteiger partial charge in [0.15, 0.2) is 0 Å². The van der Waals surface area contributed by atoms with Gasteiger partial charge in [-0.05, 0) is 12.3 Å². The maximum Gasteiger partial charge on any atom is 0.220 e. The van der Waals surface area contributed by atoms with Crippen molar-refractivity contribution in [1.82, 2.24) is 5.32 Å². The number of ether oxygens (including phenoxy) is 1. The van der Waals surface area contributed by atoms with Crippen LogP contribution in [0.3, 0.4) is 0 Å². The Morgan fingerprint density at radius 3 is 2.71 bits per heavy atom. The van der Waals surface area contributed by atoms with Crippen molar-refractivity contribution < 1.29 is 9.53 Å². The van der Waals surface area contributed by atoms with E-state index in [0.29, 0.717) is 38.0 Å². The predicted octanol–water partition coefficient (Wildman–Crippen LogP) is 1.79. The molecule has 14 heavy (non-hydrogen) atoms. The van der Waals surface area contributed by atoms with Crippen LogP contribution < -0.4 is 5.32 Å². The largest absolute Gasteiger partial charge is 0.380 e. The summed E-state index contributed by atoms with van der Waals surface area (Å²) in [5, 5.41) is 2.84. The molecule has 0 aromatic rings. The molecule has 84 valence electrons. The average Bonchev–Trinajstić information content (AvgIpc) is 2.10. The van der Waals surface area contributed by atoms with E-state index in [2.05, 4.69) is 5.32 Å². The minimum Gasteiger partial charge on any atom is -0.380 e. The molecule has 1 amide bonds. The Balaban J connectivity index is 3.15. The van der Waals surface area contributed by atoms with Crippen LogP contribution in [0.4, 0.5) is 0 Å². The van der Waals surface area contributed by atoms with Gasteiger partial charge in [-0.2, -0.15) is 0 Å². The maximum atomic E-state index is 11.2. The highest BCUT2D eigenvalue weighted by molar-refractivity contribution is 6.17. The van der Waals surface area contributed by atoms with Crippen molar-refractivity contribution in [3.63, 3.8) is 0 Å². The number of carbonyl (C=O) groups is 1. The second-order valence-electron chi connectivity index (χ2n) is 3.60. The van der Waals surface area contributed by atoms with Gasteiger partial charge in [0.25, 0.3) is 0 Å². The first kappa shape index (κ1) is 13.7.